The number of nitrogens with two attached hydrogens (primary N) is 1. The second-order valence-corrected chi connectivity index (χ2v) is 6.41. The van der Waals surface area contributed by atoms with Crippen molar-refractivity contribution in [2.24, 2.45) is 0 Å². The Labute approximate surface area is 122 Å². The molecule has 0 aliphatic heterocycles. The van der Waals surface area contributed by atoms with E-state index in [4.69, 9.17) is 10.5 Å². The Morgan fingerprint density at radius 2 is 2.22 bits per heavy atom. The lowest BCUT2D eigenvalue weighted by atomic mass is 10.2. The molecule has 0 aliphatic carbocycles. The summed E-state index contributed by atoms with van der Waals surface area (Å²) in [7, 11) is 0. The number of ether oxygens (including phenoxy) is 1. The topological polar surface area (TPSA) is 52.3 Å². The van der Waals surface area contributed by atoms with Crippen LogP contribution in [0.5, 0.6) is 0 Å². The van der Waals surface area contributed by atoms with Crippen LogP contribution in [0.3, 0.4) is 0 Å². The zero-order valence-electron chi connectivity index (χ0n) is 9.95. The van der Waals surface area contributed by atoms with E-state index in [2.05, 4.69) is 15.9 Å². The molecule has 2 aromatic rings. The van der Waals surface area contributed by atoms with Crippen molar-refractivity contribution >= 4 is 50.3 Å². The van der Waals surface area contributed by atoms with Crippen LogP contribution in [-0.4, -0.2) is 12.6 Å². The molecule has 0 amide bonds. The van der Waals surface area contributed by atoms with Gasteiger partial charge in [-0.25, -0.2) is 4.79 Å². The lowest BCUT2D eigenvalue weighted by molar-refractivity contribution is 0.0533. The van der Waals surface area contributed by atoms with Gasteiger partial charge in [0, 0.05) is 4.47 Å². The average molecular weight is 346 g/mol. The van der Waals surface area contributed by atoms with E-state index < -0.39 is 0 Å². The molecule has 0 fully saturated rings. The van der Waals surface area contributed by atoms with Gasteiger partial charge in [-0.2, -0.15) is 0 Å². The fraction of sp³-hybridized carbons (Fsp3) is 0.250. The summed E-state index contributed by atoms with van der Waals surface area (Å²) >= 11 is 6.51. The van der Waals surface area contributed by atoms with Gasteiger partial charge in [-0.1, -0.05) is 0 Å². The fourth-order valence-electron chi connectivity index (χ4n) is 1.55. The van der Waals surface area contributed by atoms with Crippen LogP contribution in [0, 0.1) is 6.92 Å². The molecule has 2 heterocycles. The predicted molar refractivity (Wildman–Crippen MR) is 80.4 cm³/mol. The minimum Gasteiger partial charge on any atom is -0.462 e. The molecule has 0 saturated heterocycles. The van der Waals surface area contributed by atoms with Crippen LogP contribution in [0.2, 0.25) is 0 Å². The highest BCUT2D eigenvalue weighted by molar-refractivity contribution is 9.10. The summed E-state index contributed by atoms with van der Waals surface area (Å²) in [6.45, 7) is 4.06. The highest BCUT2D eigenvalue weighted by atomic mass is 79.9. The van der Waals surface area contributed by atoms with Crippen LogP contribution in [0.15, 0.2) is 15.9 Å². The third-order valence-electron chi connectivity index (χ3n) is 2.48. The molecule has 2 rings (SSSR count). The molecule has 0 atom stereocenters. The van der Waals surface area contributed by atoms with Gasteiger partial charge in [-0.15, -0.1) is 22.7 Å². The number of anilines is 1. The predicted octanol–water partition coefficient (Wildman–Crippen LogP) is 4.31. The Kier molecular flexibility index (Phi) is 4.09. The van der Waals surface area contributed by atoms with Gasteiger partial charge in [0.25, 0.3) is 0 Å². The van der Waals surface area contributed by atoms with Gasteiger partial charge < -0.3 is 10.5 Å². The summed E-state index contributed by atoms with van der Waals surface area (Å²) in [4.78, 5) is 14.4. The molecule has 0 radical (unpaired) electrons. The second kappa shape index (κ2) is 5.42. The maximum atomic E-state index is 11.8. The zero-order valence-corrected chi connectivity index (χ0v) is 13.2. The van der Waals surface area contributed by atoms with Crippen molar-refractivity contribution in [1.29, 1.82) is 0 Å². The van der Waals surface area contributed by atoms with E-state index in [9.17, 15) is 4.79 Å². The molecule has 0 aliphatic rings. The molecule has 96 valence electrons. The first kappa shape index (κ1) is 13.6. The first-order valence-corrected chi connectivity index (χ1v) is 7.84. The first-order valence-electron chi connectivity index (χ1n) is 5.35. The van der Waals surface area contributed by atoms with E-state index in [1.54, 1.807) is 18.3 Å². The molecular formula is C12H12BrNO2S2. The summed E-state index contributed by atoms with van der Waals surface area (Å²) in [5.41, 5.74) is 7.45. The van der Waals surface area contributed by atoms with Crippen LogP contribution < -0.4 is 5.73 Å². The number of esters is 1. The number of halogens is 1. The Morgan fingerprint density at radius 1 is 1.50 bits per heavy atom. The van der Waals surface area contributed by atoms with Crippen molar-refractivity contribution in [3.63, 3.8) is 0 Å². The SMILES string of the molecule is CCOC(=O)c1sc(-c2sccc2Br)c(C)c1N. The van der Waals surface area contributed by atoms with Crippen molar-refractivity contribution in [1.82, 2.24) is 0 Å². The average Bonchev–Trinajstić information content (AvgIpc) is 2.86. The van der Waals surface area contributed by atoms with Crippen molar-refractivity contribution in [2.75, 3.05) is 12.3 Å². The third-order valence-corrected chi connectivity index (χ3v) is 5.77. The lowest BCUT2D eigenvalue weighted by Crippen LogP contribution is -2.05. The lowest BCUT2D eigenvalue weighted by Gasteiger charge is -1.99. The normalized spacial score (nSPS) is 10.6. The van der Waals surface area contributed by atoms with Crippen LogP contribution in [0.4, 0.5) is 5.69 Å². The quantitative estimate of drug-likeness (QED) is 0.843. The Hall–Kier alpha value is -0.850. The van der Waals surface area contributed by atoms with Crippen LogP contribution in [0.1, 0.15) is 22.2 Å². The van der Waals surface area contributed by atoms with Gasteiger partial charge >= 0.3 is 5.97 Å². The highest BCUT2D eigenvalue weighted by Gasteiger charge is 2.21. The number of thiophene rings is 2. The number of carbonyl (C=O) groups excluding carboxylic acids is 1. The summed E-state index contributed by atoms with van der Waals surface area (Å²) in [5, 5.41) is 2.00. The van der Waals surface area contributed by atoms with E-state index in [0.29, 0.717) is 17.2 Å². The van der Waals surface area contributed by atoms with Gasteiger partial charge in [0.05, 0.1) is 22.0 Å². The summed E-state index contributed by atoms with van der Waals surface area (Å²) in [6, 6.07) is 1.99. The van der Waals surface area contributed by atoms with E-state index in [-0.39, 0.29) is 5.97 Å². The van der Waals surface area contributed by atoms with Crippen LogP contribution >= 0.6 is 38.6 Å². The van der Waals surface area contributed by atoms with E-state index >= 15 is 0 Å². The summed E-state index contributed by atoms with van der Waals surface area (Å²) in [5.74, 6) is -0.345. The zero-order chi connectivity index (χ0) is 13.3. The smallest absolute Gasteiger partial charge is 0.350 e. The number of hydrogen-bond acceptors (Lipinski definition) is 5. The maximum absolute atomic E-state index is 11.8. The molecule has 3 nitrogen and oxygen atoms in total. The molecule has 0 saturated carbocycles. The van der Waals surface area contributed by atoms with Crippen molar-refractivity contribution in [2.45, 2.75) is 13.8 Å². The molecule has 0 aromatic carbocycles. The van der Waals surface area contributed by atoms with Crippen LogP contribution in [-0.2, 0) is 4.74 Å². The molecule has 0 bridgehead atoms. The van der Waals surface area contributed by atoms with Gasteiger partial charge in [0.15, 0.2) is 0 Å². The van der Waals surface area contributed by atoms with E-state index in [0.717, 1.165) is 19.8 Å². The van der Waals surface area contributed by atoms with Crippen molar-refractivity contribution in [3.05, 3.63) is 26.4 Å². The standard InChI is InChI=1S/C12H12BrNO2S2/c1-3-16-12(15)11-8(14)6(2)9(18-11)10-7(13)4-5-17-10/h4-5H,3,14H2,1-2H3. The molecule has 6 heteroatoms. The number of rotatable bonds is 3. The van der Waals surface area contributed by atoms with Crippen LogP contribution in [0.25, 0.3) is 9.75 Å². The number of nitrogen functional groups attached to an aromatic ring is 1. The molecule has 2 N–H and O–H groups in total. The van der Waals surface area contributed by atoms with Gasteiger partial charge in [-0.3, -0.25) is 0 Å². The van der Waals surface area contributed by atoms with Crippen molar-refractivity contribution in [3.8, 4) is 9.75 Å². The van der Waals surface area contributed by atoms with Crippen molar-refractivity contribution < 1.29 is 9.53 Å². The van der Waals surface area contributed by atoms with Gasteiger partial charge in [0.2, 0.25) is 0 Å². The van der Waals surface area contributed by atoms with E-state index in [1.807, 2.05) is 18.4 Å². The molecular weight excluding hydrogens is 334 g/mol. The highest BCUT2D eigenvalue weighted by Crippen LogP contribution is 2.43. The van der Waals surface area contributed by atoms with Gasteiger partial charge in [-0.05, 0) is 46.8 Å². The molecule has 18 heavy (non-hydrogen) atoms. The number of hydrogen-bond donors (Lipinski definition) is 1. The largest absolute Gasteiger partial charge is 0.462 e. The maximum Gasteiger partial charge on any atom is 0.350 e. The monoisotopic (exact) mass is 345 g/mol. The third kappa shape index (κ3) is 2.32. The molecule has 0 spiro atoms. The minimum absolute atomic E-state index is 0.345. The Bertz CT molecular complexity index is 589. The number of carbonyl (C=O) groups is 1. The van der Waals surface area contributed by atoms with Gasteiger partial charge in [0.1, 0.15) is 4.88 Å². The minimum atomic E-state index is -0.345. The first-order chi connectivity index (χ1) is 8.56. The summed E-state index contributed by atoms with van der Waals surface area (Å²) in [6.07, 6.45) is 0. The second-order valence-electron chi connectivity index (χ2n) is 3.62. The Balaban J connectivity index is 2.49. The van der Waals surface area contributed by atoms with E-state index in [1.165, 1.54) is 11.3 Å². The molecule has 2 aromatic heterocycles. The Morgan fingerprint density at radius 3 is 2.78 bits per heavy atom. The summed E-state index contributed by atoms with van der Waals surface area (Å²) < 4.78 is 6.03. The molecule has 0 unspecified atom stereocenters. The fourth-order valence-corrected chi connectivity index (χ4v) is 4.59.